The minimum Gasteiger partial charge on any atom is -0.490 e. The van der Waals surface area contributed by atoms with Crippen LogP contribution in [0.25, 0.3) is 0 Å². The monoisotopic (exact) mass is 823 g/mol. The van der Waals surface area contributed by atoms with Gasteiger partial charge in [0.2, 0.25) is 11.7 Å². The number of amides is 1. The van der Waals surface area contributed by atoms with Crippen LogP contribution in [0.15, 0.2) is 47.3 Å². The molecule has 0 aromatic carbocycles. The van der Waals surface area contributed by atoms with Crippen molar-refractivity contribution in [3.05, 3.63) is 47.3 Å². The minimum absolute atomic E-state index is 0.0553. The smallest absolute Gasteiger partial charge is 0.373 e. The molecule has 1 unspecified atom stereocenters. The summed E-state index contributed by atoms with van der Waals surface area (Å²) in [6.45, 7) is 16.6. The second kappa shape index (κ2) is 21.2. The predicted octanol–water partition coefficient (Wildman–Crippen LogP) is 4.32. The molecule has 0 radical (unpaired) electrons. The highest BCUT2D eigenvalue weighted by Gasteiger charge is 2.53. The Morgan fingerprint density at radius 2 is 1.75 bits per heavy atom. The van der Waals surface area contributed by atoms with E-state index in [0.717, 1.165) is 17.3 Å². The highest BCUT2D eigenvalue weighted by molar-refractivity contribution is 8.00. The molecule has 0 bridgehead atoms. The van der Waals surface area contributed by atoms with E-state index in [1.54, 1.807) is 32.9 Å². The van der Waals surface area contributed by atoms with Crippen LogP contribution in [0.5, 0.6) is 0 Å². The third-order valence-electron chi connectivity index (χ3n) is 11.5. The van der Waals surface area contributed by atoms with Crippen LogP contribution in [-0.2, 0) is 42.9 Å². The lowest BCUT2D eigenvalue weighted by atomic mass is 9.76. The molecule has 3 aliphatic heterocycles. The van der Waals surface area contributed by atoms with E-state index in [-0.39, 0.29) is 48.0 Å². The number of hydrogen-bond donors (Lipinski definition) is 5. The molecule has 1 amide bonds. The van der Waals surface area contributed by atoms with Crippen LogP contribution >= 0.6 is 11.8 Å². The maximum absolute atomic E-state index is 13.7. The summed E-state index contributed by atoms with van der Waals surface area (Å²) in [4.78, 5) is 50.9. The standard InChI is InChI=1S/C42H65NO13S/c1-21(2)37-26(7)32(54-34(44)18-33-39(47)43-29(20-57-33)40(48)49)19-42(51,56-37)28(9)36(46)27(8)38-30(52-10)14-12-13-22(3)15-24(5)35(45)25(6)16-23(4)17-31(53-11)41(50)55-38/h12-14,16-17,21,24-30,32-33,35-38,45-46,51H,15,18-20H2,1-11H3,(H,43,47)(H,48,49)/b14-12+,22-13+,23-16+,31-17-/t24-,25+,26-,27-,28-,29-,30-,32+,33-,35-,36+,37?,38+,42+/m0/s1. The first kappa shape index (κ1) is 48.2. The summed E-state index contributed by atoms with van der Waals surface area (Å²) in [6.07, 6.45) is 3.53. The normalized spacial score (nSPS) is 38.4. The summed E-state index contributed by atoms with van der Waals surface area (Å²) >= 11 is 1.07. The molecule has 0 spiro atoms. The summed E-state index contributed by atoms with van der Waals surface area (Å²) in [7, 11) is 2.80. The molecule has 0 saturated carbocycles. The number of carboxylic acid groups (broad SMARTS) is 1. The minimum atomic E-state index is -2.01. The van der Waals surface area contributed by atoms with Crippen LogP contribution in [0.2, 0.25) is 0 Å². The van der Waals surface area contributed by atoms with Crippen LogP contribution < -0.4 is 5.32 Å². The third kappa shape index (κ3) is 12.6. The molecule has 3 rings (SSSR count). The van der Waals surface area contributed by atoms with E-state index in [1.807, 2.05) is 53.7 Å². The van der Waals surface area contributed by atoms with Gasteiger partial charge in [0.05, 0.1) is 37.1 Å². The number of aliphatic carboxylic acids is 1. The van der Waals surface area contributed by atoms with Crippen molar-refractivity contribution in [1.29, 1.82) is 0 Å². The van der Waals surface area contributed by atoms with Crippen molar-refractivity contribution in [2.24, 2.45) is 35.5 Å². The van der Waals surface area contributed by atoms with Gasteiger partial charge in [-0.15, -0.1) is 11.8 Å². The number of methoxy groups -OCH3 is 2. The molecular weight excluding hydrogens is 759 g/mol. The number of rotatable bonds is 11. The predicted molar refractivity (Wildman–Crippen MR) is 214 cm³/mol. The van der Waals surface area contributed by atoms with Gasteiger partial charge in [0, 0.05) is 43.0 Å². The Labute approximate surface area is 341 Å². The van der Waals surface area contributed by atoms with Gasteiger partial charge in [0.1, 0.15) is 24.4 Å². The lowest BCUT2D eigenvalue weighted by Gasteiger charge is -2.50. The van der Waals surface area contributed by atoms with Crippen molar-refractivity contribution in [2.45, 2.75) is 135 Å². The largest absolute Gasteiger partial charge is 0.490 e. The molecule has 2 fully saturated rings. The van der Waals surface area contributed by atoms with E-state index in [2.05, 4.69) is 5.32 Å². The van der Waals surface area contributed by atoms with Gasteiger partial charge in [-0.05, 0) is 38.2 Å². The number of aliphatic hydroxyl groups excluding tert-OH is 2. The Morgan fingerprint density at radius 1 is 1.09 bits per heavy atom. The van der Waals surface area contributed by atoms with E-state index in [9.17, 15) is 39.6 Å². The quantitative estimate of drug-likeness (QED) is 0.184. The fourth-order valence-corrected chi connectivity index (χ4v) is 9.04. The van der Waals surface area contributed by atoms with Gasteiger partial charge in [-0.1, -0.05) is 83.9 Å². The fraction of sp³-hybridized carbons (Fsp3) is 0.714. The Morgan fingerprint density at radius 3 is 2.33 bits per heavy atom. The number of nitrogens with one attached hydrogen (secondary N) is 1. The van der Waals surface area contributed by atoms with Crippen molar-refractivity contribution in [1.82, 2.24) is 5.32 Å². The number of allylic oxidation sites excluding steroid dienone is 5. The maximum atomic E-state index is 13.7. The van der Waals surface area contributed by atoms with Gasteiger partial charge in [0.25, 0.3) is 0 Å². The number of carboxylic acids is 1. The Balaban J connectivity index is 1.93. The summed E-state index contributed by atoms with van der Waals surface area (Å²) < 4.78 is 29.7. The van der Waals surface area contributed by atoms with Gasteiger partial charge >= 0.3 is 17.9 Å². The van der Waals surface area contributed by atoms with Gasteiger partial charge in [-0.2, -0.15) is 0 Å². The molecule has 2 saturated heterocycles. The summed E-state index contributed by atoms with van der Waals surface area (Å²) in [5.74, 6) is -7.90. The highest BCUT2D eigenvalue weighted by Crippen LogP contribution is 2.43. The molecule has 0 aromatic rings. The summed E-state index contributed by atoms with van der Waals surface area (Å²) in [6, 6.07) is -1.04. The lowest BCUT2D eigenvalue weighted by Crippen LogP contribution is -2.60. The van der Waals surface area contributed by atoms with E-state index in [1.165, 1.54) is 20.3 Å². The zero-order valence-electron chi connectivity index (χ0n) is 35.2. The molecule has 0 aliphatic carbocycles. The zero-order chi connectivity index (χ0) is 42.9. The number of aliphatic hydroxyl groups is 3. The Hall–Kier alpha value is -3.21. The maximum Gasteiger partial charge on any atom is 0.373 e. The van der Waals surface area contributed by atoms with Crippen LogP contribution in [0, 0.1) is 35.5 Å². The first-order chi connectivity index (χ1) is 26.6. The van der Waals surface area contributed by atoms with Crippen molar-refractivity contribution in [3.8, 4) is 0 Å². The zero-order valence-corrected chi connectivity index (χ0v) is 36.0. The Kier molecular flexibility index (Phi) is 17.9. The third-order valence-corrected chi connectivity index (χ3v) is 12.8. The number of carbonyl (C=O) groups excluding carboxylic acids is 3. The average molecular weight is 824 g/mol. The molecule has 322 valence electrons. The number of hydrogen-bond acceptors (Lipinski definition) is 13. The van der Waals surface area contributed by atoms with Crippen molar-refractivity contribution < 1.29 is 63.3 Å². The fourth-order valence-electron chi connectivity index (χ4n) is 7.92. The average Bonchev–Trinajstić information content (AvgIpc) is 3.14. The molecule has 3 heterocycles. The van der Waals surface area contributed by atoms with Crippen LogP contribution in [0.4, 0.5) is 0 Å². The summed E-state index contributed by atoms with van der Waals surface area (Å²) in [5.41, 5.74) is 1.69. The van der Waals surface area contributed by atoms with Crippen molar-refractivity contribution in [3.63, 3.8) is 0 Å². The molecule has 14 nitrogen and oxygen atoms in total. The molecule has 15 heteroatoms. The second-order valence-electron chi connectivity index (χ2n) is 16.4. The highest BCUT2D eigenvalue weighted by atomic mass is 32.2. The molecule has 57 heavy (non-hydrogen) atoms. The molecule has 14 atom stereocenters. The number of carbonyl (C=O) groups is 4. The van der Waals surface area contributed by atoms with E-state index in [4.69, 9.17) is 23.7 Å². The van der Waals surface area contributed by atoms with Gasteiger partial charge in [0.15, 0.2) is 5.79 Å². The van der Waals surface area contributed by atoms with Crippen LogP contribution in [0.1, 0.15) is 81.6 Å². The SMILES string of the molecule is CO/C1=C\C(C)=C\[C@@H](C)[C@@H](O)[C@@H](C)C/C(C)=C/C=C/[C@H](OC)[C@@H]([C@@H](C)[C@@H](O)[C@H](C)[C@@]2(O)C[C@@H](OC(=O)C[C@@H]3SC[C@@H](C(=O)O)NC3=O)[C@H](C)C(C(C)C)O2)OC1=O. The van der Waals surface area contributed by atoms with Crippen molar-refractivity contribution >= 4 is 35.6 Å². The number of esters is 2. The van der Waals surface area contributed by atoms with Gasteiger partial charge in [-0.25, -0.2) is 9.59 Å². The first-order valence-electron chi connectivity index (χ1n) is 19.8. The Bertz CT molecular complexity index is 1540. The van der Waals surface area contributed by atoms with Crippen LogP contribution in [-0.4, -0.2) is 118 Å². The number of ether oxygens (including phenoxy) is 5. The second-order valence-corrected chi connectivity index (χ2v) is 17.7. The molecule has 5 N–H and O–H groups in total. The van der Waals surface area contributed by atoms with E-state index in [0.29, 0.717) is 12.0 Å². The lowest BCUT2D eigenvalue weighted by molar-refractivity contribution is -0.329. The molecular formula is C42H65NO13S. The molecule has 3 aliphatic rings. The van der Waals surface area contributed by atoms with Crippen LogP contribution in [0.3, 0.4) is 0 Å². The molecule has 0 aromatic heterocycles. The van der Waals surface area contributed by atoms with Crippen molar-refractivity contribution in [2.75, 3.05) is 20.0 Å². The topological polar surface area (TPSA) is 207 Å². The van der Waals surface area contributed by atoms with Gasteiger partial charge < -0.3 is 49.4 Å². The van der Waals surface area contributed by atoms with E-state index < -0.39 is 89.4 Å². The summed E-state index contributed by atoms with van der Waals surface area (Å²) in [5, 5.41) is 46.1. The number of thioether (sulfide) groups is 1. The number of cyclic esters (lactones) is 1. The van der Waals surface area contributed by atoms with Gasteiger partial charge in [-0.3, -0.25) is 9.59 Å². The first-order valence-corrected chi connectivity index (χ1v) is 20.8. The van der Waals surface area contributed by atoms with E-state index >= 15 is 0 Å².